The Kier molecular flexibility index (Phi) is 6.97. The molecule has 0 aromatic heterocycles. The van der Waals surface area contributed by atoms with Crippen molar-refractivity contribution < 1.29 is 13.9 Å². The average molecular weight is 391 g/mol. The van der Waals surface area contributed by atoms with E-state index in [0.29, 0.717) is 5.92 Å². The van der Waals surface area contributed by atoms with E-state index in [1.54, 1.807) is 12.1 Å². The van der Waals surface area contributed by atoms with Crippen molar-refractivity contribution >= 4 is 6.09 Å². The van der Waals surface area contributed by atoms with Gasteiger partial charge in [-0.2, -0.15) is 0 Å². The molecule has 156 valence electrons. The van der Waals surface area contributed by atoms with Crippen LogP contribution in [0.2, 0.25) is 0 Å². The third kappa shape index (κ3) is 6.20. The summed E-state index contributed by atoms with van der Waals surface area (Å²) in [6.07, 6.45) is 6.52. The lowest BCUT2D eigenvalue weighted by Crippen LogP contribution is -2.52. The molecule has 1 aromatic rings. The van der Waals surface area contributed by atoms with Crippen molar-refractivity contribution in [3.63, 3.8) is 0 Å². The molecule has 0 aliphatic carbocycles. The van der Waals surface area contributed by atoms with Gasteiger partial charge in [0, 0.05) is 25.7 Å². The van der Waals surface area contributed by atoms with Gasteiger partial charge in [-0.05, 0) is 89.5 Å². The van der Waals surface area contributed by atoms with Crippen LogP contribution in [-0.4, -0.2) is 53.7 Å². The molecular weight excluding hydrogens is 355 g/mol. The molecule has 4 nitrogen and oxygen atoms in total. The lowest BCUT2D eigenvalue weighted by Gasteiger charge is -2.41. The molecule has 2 saturated heterocycles. The molecule has 2 aliphatic heterocycles. The Balaban J connectivity index is 1.56. The molecule has 0 bridgehead atoms. The maximum Gasteiger partial charge on any atom is 0.410 e. The normalized spacial score (nSPS) is 24.2. The summed E-state index contributed by atoms with van der Waals surface area (Å²) < 4.78 is 18.8. The quantitative estimate of drug-likeness (QED) is 0.735. The summed E-state index contributed by atoms with van der Waals surface area (Å²) in [7, 11) is 0. The van der Waals surface area contributed by atoms with Crippen LogP contribution in [0.3, 0.4) is 0 Å². The number of benzene rings is 1. The molecular formula is C23H35FN2O2. The number of piperidine rings is 2. The van der Waals surface area contributed by atoms with Gasteiger partial charge < -0.3 is 14.5 Å². The molecule has 2 fully saturated rings. The first-order valence-electron chi connectivity index (χ1n) is 10.8. The second kappa shape index (κ2) is 9.25. The van der Waals surface area contributed by atoms with E-state index in [1.165, 1.54) is 24.8 Å². The van der Waals surface area contributed by atoms with E-state index in [4.69, 9.17) is 4.74 Å². The Labute approximate surface area is 169 Å². The number of ether oxygens (including phenoxy) is 1. The fraction of sp³-hybridized carbons (Fsp3) is 0.696. The van der Waals surface area contributed by atoms with Crippen molar-refractivity contribution in [3.05, 3.63) is 35.6 Å². The largest absolute Gasteiger partial charge is 0.444 e. The maximum atomic E-state index is 13.1. The second-order valence-electron chi connectivity index (χ2n) is 9.42. The fourth-order valence-corrected chi connectivity index (χ4v) is 4.49. The van der Waals surface area contributed by atoms with Crippen LogP contribution in [0.4, 0.5) is 9.18 Å². The molecule has 5 heteroatoms. The van der Waals surface area contributed by atoms with Gasteiger partial charge >= 0.3 is 6.09 Å². The summed E-state index contributed by atoms with van der Waals surface area (Å²) in [6, 6.07) is 7.15. The highest BCUT2D eigenvalue weighted by atomic mass is 19.1. The number of likely N-dealkylation sites (tertiary alicyclic amines) is 2. The van der Waals surface area contributed by atoms with Gasteiger partial charge in [-0.25, -0.2) is 9.18 Å². The SMILES string of the molecule is CC(C)(C)OC(=O)N1CCCCC1CN1CCC[C@@H](Cc2ccc(F)cc2)C1. The fourth-order valence-electron chi connectivity index (χ4n) is 4.49. The number of amides is 1. The lowest BCUT2D eigenvalue weighted by molar-refractivity contribution is 0.00299. The van der Waals surface area contributed by atoms with E-state index in [0.717, 1.165) is 45.4 Å². The van der Waals surface area contributed by atoms with E-state index >= 15 is 0 Å². The molecule has 1 aromatic carbocycles. The number of rotatable bonds is 4. The molecule has 28 heavy (non-hydrogen) atoms. The van der Waals surface area contributed by atoms with Crippen molar-refractivity contribution in [1.29, 1.82) is 0 Å². The number of hydrogen-bond donors (Lipinski definition) is 0. The van der Waals surface area contributed by atoms with Crippen molar-refractivity contribution in [2.45, 2.75) is 70.9 Å². The molecule has 0 radical (unpaired) electrons. The highest BCUT2D eigenvalue weighted by molar-refractivity contribution is 5.68. The van der Waals surface area contributed by atoms with Crippen LogP contribution in [-0.2, 0) is 11.2 Å². The highest BCUT2D eigenvalue weighted by Gasteiger charge is 2.32. The Morgan fingerprint density at radius 2 is 1.86 bits per heavy atom. The molecule has 1 unspecified atom stereocenters. The molecule has 2 atom stereocenters. The van der Waals surface area contributed by atoms with Gasteiger partial charge in [0.2, 0.25) is 0 Å². The van der Waals surface area contributed by atoms with Crippen molar-refractivity contribution in [2.24, 2.45) is 5.92 Å². The topological polar surface area (TPSA) is 32.8 Å². The van der Waals surface area contributed by atoms with Crippen LogP contribution in [0.1, 0.15) is 58.4 Å². The van der Waals surface area contributed by atoms with Crippen molar-refractivity contribution in [3.8, 4) is 0 Å². The van der Waals surface area contributed by atoms with Crippen LogP contribution in [0, 0.1) is 11.7 Å². The minimum atomic E-state index is -0.454. The van der Waals surface area contributed by atoms with Crippen LogP contribution in [0.15, 0.2) is 24.3 Å². The van der Waals surface area contributed by atoms with Gasteiger partial charge in [-0.1, -0.05) is 12.1 Å². The standard InChI is InChI=1S/C23H35FN2O2/c1-23(2,3)28-22(27)26-14-5-4-8-21(26)17-25-13-6-7-19(16-25)15-18-9-11-20(24)12-10-18/h9-12,19,21H,4-8,13-17H2,1-3H3/t19-,21?/m0/s1. The zero-order valence-electron chi connectivity index (χ0n) is 17.6. The van der Waals surface area contributed by atoms with E-state index in [-0.39, 0.29) is 18.0 Å². The molecule has 2 heterocycles. The molecule has 0 saturated carbocycles. The van der Waals surface area contributed by atoms with Crippen LogP contribution >= 0.6 is 0 Å². The molecule has 0 N–H and O–H groups in total. The molecule has 1 amide bonds. The third-order valence-corrected chi connectivity index (χ3v) is 5.76. The highest BCUT2D eigenvalue weighted by Crippen LogP contribution is 2.25. The number of carbonyl (C=O) groups is 1. The van der Waals surface area contributed by atoms with Crippen molar-refractivity contribution in [2.75, 3.05) is 26.2 Å². The van der Waals surface area contributed by atoms with Crippen LogP contribution in [0.5, 0.6) is 0 Å². The number of nitrogens with zero attached hydrogens (tertiary/aromatic N) is 2. The van der Waals surface area contributed by atoms with Crippen molar-refractivity contribution in [1.82, 2.24) is 9.80 Å². The van der Waals surface area contributed by atoms with Gasteiger partial charge in [0.25, 0.3) is 0 Å². The zero-order chi connectivity index (χ0) is 20.1. The second-order valence-corrected chi connectivity index (χ2v) is 9.42. The summed E-state index contributed by atoms with van der Waals surface area (Å²) in [5.41, 5.74) is 0.756. The maximum absolute atomic E-state index is 13.1. The van der Waals surface area contributed by atoms with Crippen LogP contribution < -0.4 is 0 Å². The summed E-state index contributed by atoms with van der Waals surface area (Å²) >= 11 is 0. The van der Waals surface area contributed by atoms with E-state index in [9.17, 15) is 9.18 Å². The van der Waals surface area contributed by atoms with Gasteiger partial charge in [-0.3, -0.25) is 0 Å². The minimum absolute atomic E-state index is 0.169. The predicted molar refractivity (Wildman–Crippen MR) is 110 cm³/mol. The summed E-state index contributed by atoms with van der Waals surface area (Å²) in [5, 5.41) is 0. The summed E-state index contributed by atoms with van der Waals surface area (Å²) in [4.78, 5) is 17.1. The van der Waals surface area contributed by atoms with Gasteiger partial charge in [0.15, 0.2) is 0 Å². The van der Waals surface area contributed by atoms with E-state index in [2.05, 4.69) is 4.90 Å². The van der Waals surface area contributed by atoms with Gasteiger partial charge in [0.05, 0.1) is 0 Å². The Morgan fingerprint density at radius 3 is 2.57 bits per heavy atom. The number of carbonyl (C=O) groups excluding carboxylic acids is 1. The molecule has 0 spiro atoms. The van der Waals surface area contributed by atoms with Gasteiger partial charge in [-0.15, -0.1) is 0 Å². The van der Waals surface area contributed by atoms with Crippen LogP contribution in [0.25, 0.3) is 0 Å². The lowest BCUT2D eigenvalue weighted by atomic mass is 9.90. The smallest absolute Gasteiger partial charge is 0.410 e. The first-order valence-corrected chi connectivity index (χ1v) is 10.8. The van der Waals surface area contributed by atoms with Gasteiger partial charge in [0.1, 0.15) is 11.4 Å². The first kappa shape index (κ1) is 21.1. The first-order chi connectivity index (χ1) is 13.3. The minimum Gasteiger partial charge on any atom is -0.444 e. The number of hydrogen-bond acceptors (Lipinski definition) is 3. The molecule has 3 rings (SSSR count). The molecule has 2 aliphatic rings. The average Bonchev–Trinajstić information content (AvgIpc) is 2.63. The summed E-state index contributed by atoms with van der Waals surface area (Å²) in [5.74, 6) is 0.423. The Hall–Kier alpha value is -1.62. The number of halogens is 1. The third-order valence-electron chi connectivity index (χ3n) is 5.76. The Bertz CT molecular complexity index is 641. The summed E-state index contributed by atoms with van der Waals surface area (Å²) in [6.45, 7) is 9.65. The Morgan fingerprint density at radius 1 is 1.11 bits per heavy atom. The van der Waals surface area contributed by atoms with E-state index < -0.39 is 5.60 Å². The van der Waals surface area contributed by atoms with E-state index in [1.807, 2.05) is 37.8 Å². The zero-order valence-corrected chi connectivity index (χ0v) is 17.6. The predicted octanol–water partition coefficient (Wildman–Crippen LogP) is 4.87. The monoisotopic (exact) mass is 390 g/mol.